The van der Waals surface area contributed by atoms with E-state index in [0.717, 1.165) is 11.1 Å². The Hall–Kier alpha value is -3.52. The van der Waals surface area contributed by atoms with Gasteiger partial charge in [-0.15, -0.1) is 10.2 Å². The summed E-state index contributed by atoms with van der Waals surface area (Å²) in [5.41, 5.74) is 2.15. The summed E-state index contributed by atoms with van der Waals surface area (Å²) in [5, 5.41) is 10.9. The van der Waals surface area contributed by atoms with Gasteiger partial charge in [-0.25, -0.2) is 0 Å². The summed E-state index contributed by atoms with van der Waals surface area (Å²) in [5.74, 6) is 1.43. The second-order valence-corrected chi connectivity index (χ2v) is 7.65. The molecule has 31 heavy (non-hydrogen) atoms. The molecule has 0 aliphatic carbocycles. The van der Waals surface area contributed by atoms with Crippen molar-refractivity contribution in [1.82, 2.24) is 10.2 Å². The van der Waals surface area contributed by atoms with Gasteiger partial charge in [-0.3, -0.25) is 4.79 Å². The molecule has 0 unspecified atom stereocenters. The fourth-order valence-electron chi connectivity index (χ4n) is 3.02. The predicted octanol–water partition coefficient (Wildman–Crippen LogP) is 5.51. The van der Waals surface area contributed by atoms with E-state index in [-0.39, 0.29) is 11.1 Å². The van der Waals surface area contributed by atoms with Crippen molar-refractivity contribution in [2.24, 2.45) is 0 Å². The lowest BCUT2D eigenvalue weighted by atomic mass is 10.1. The quantitative estimate of drug-likeness (QED) is 0.365. The maximum atomic E-state index is 13.3. The first-order valence-electron chi connectivity index (χ1n) is 9.78. The van der Waals surface area contributed by atoms with E-state index in [1.54, 1.807) is 12.3 Å². The van der Waals surface area contributed by atoms with Crippen LogP contribution in [-0.4, -0.2) is 22.7 Å². The molecule has 0 spiro atoms. The minimum absolute atomic E-state index is 0.220. The minimum Gasteiger partial charge on any atom is -0.492 e. The molecule has 158 valence electrons. The number of benzene rings is 2. The lowest BCUT2D eigenvalue weighted by Crippen LogP contribution is -2.19. The summed E-state index contributed by atoms with van der Waals surface area (Å²) in [4.78, 5) is 13.3. The first-order chi connectivity index (χ1) is 15.2. The Kier molecular flexibility index (Phi) is 6.37. The number of carbonyl (C=O) groups excluding carboxylic acids is 1. The molecule has 0 aliphatic heterocycles. The predicted molar refractivity (Wildman–Crippen MR) is 118 cm³/mol. The number of furan rings is 1. The number of ether oxygens (including phenoxy) is 1. The van der Waals surface area contributed by atoms with Gasteiger partial charge in [0, 0.05) is 0 Å². The van der Waals surface area contributed by atoms with E-state index in [1.165, 1.54) is 11.8 Å². The van der Waals surface area contributed by atoms with Crippen LogP contribution in [-0.2, 0) is 4.79 Å². The highest BCUT2D eigenvalue weighted by Crippen LogP contribution is 2.37. The normalized spacial score (nSPS) is 11.8. The minimum atomic E-state index is -0.602. The monoisotopic (exact) mass is 435 g/mol. The zero-order chi connectivity index (χ0) is 21.6. The summed E-state index contributed by atoms with van der Waals surface area (Å²) < 4.78 is 16.7. The van der Waals surface area contributed by atoms with Crippen LogP contribution in [0.4, 0.5) is 5.69 Å². The third kappa shape index (κ3) is 4.80. The molecule has 4 rings (SSSR count). The number of amides is 1. The summed E-state index contributed by atoms with van der Waals surface area (Å²) in [6.45, 7) is 4.22. The molecule has 1 atom stereocenters. The lowest BCUT2D eigenvalue weighted by Gasteiger charge is -2.17. The number of rotatable bonds is 8. The highest BCUT2D eigenvalue weighted by atomic mass is 32.2. The average Bonchev–Trinajstić information content (AvgIpc) is 3.42. The third-order valence-electron chi connectivity index (χ3n) is 4.50. The summed E-state index contributed by atoms with van der Waals surface area (Å²) in [6, 6.07) is 18.6. The van der Waals surface area contributed by atoms with Crippen molar-refractivity contribution in [3.63, 3.8) is 0 Å². The number of nitrogens with one attached hydrogen (secondary N) is 1. The molecule has 8 heteroatoms. The zero-order valence-corrected chi connectivity index (χ0v) is 17.9. The van der Waals surface area contributed by atoms with Crippen LogP contribution in [0.3, 0.4) is 0 Å². The number of hydrogen-bond donors (Lipinski definition) is 1. The van der Waals surface area contributed by atoms with Gasteiger partial charge in [-0.05, 0) is 49.4 Å². The van der Waals surface area contributed by atoms with Crippen molar-refractivity contribution in [3.8, 4) is 17.2 Å². The number of thioether (sulfide) groups is 1. The fourth-order valence-corrected chi connectivity index (χ4v) is 3.90. The van der Waals surface area contributed by atoms with Crippen molar-refractivity contribution in [1.29, 1.82) is 0 Å². The first kappa shape index (κ1) is 20.7. The van der Waals surface area contributed by atoms with Gasteiger partial charge in [0.25, 0.3) is 11.1 Å². The van der Waals surface area contributed by atoms with Crippen LogP contribution in [0.25, 0.3) is 11.5 Å². The maximum absolute atomic E-state index is 13.3. The molecule has 0 bridgehead atoms. The molecule has 7 nitrogen and oxygen atoms in total. The Morgan fingerprint density at radius 2 is 1.87 bits per heavy atom. The van der Waals surface area contributed by atoms with Gasteiger partial charge in [-0.1, -0.05) is 42.5 Å². The fraction of sp³-hybridized carbons (Fsp3) is 0.174. The SMILES string of the molecule is CCOc1ccccc1NC(=O)[C@@H](Sc1nnc(-c2ccoc2C)o1)c1ccccc1. The van der Waals surface area contributed by atoms with Crippen molar-refractivity contribution in [2.45, 2.75) is 24.3 Å². The van der Waals surface area contributed by atoms with E-state index in [9.17, 15) is 4.79 Å². The molecular formula is C23H21N3O4S. The highest BCUT2D eigenvalue weighted by Gasteiger charge is 2.26. The highest BCUT2D eigenvalue weighted by molar-refractivity contribution is 8.00. The Morgan fingerprint density at radius 3 is 2.61 bits per heavy atom. The standard InChI is InChI=1S/C23H21N3O4S/c1-3-28-19-12-8-7-11-18(19)24-21(27)20(16-9-5-4-6-10-16)31-23-26-25-22(30-23)17-13-14-29-15(17)2/h4-14,20H,3H2,1-2H3,(H,24,27)/t20-/m0/s1. The molecule has 0 saturated carbocycles. The van der Waals surface area contributed by atoms with E-state index in [2.05, 4.69) is 15.5 Å². The Labute approximate surface area is 183 Å². The van der Waals surface area contributed by atoms with E-state index in [0.29, 0.717) is 29.7 Å². The van der Waals surface area contributed by atoms with Gasteiger partial charge >= 0.3 is 0 Å². The van der Waals surface area contributed by atoms with Gasteiger partial charge in [-0.2, -0.15) is 0 Å². The van der Waals surface area contributed by atoms with Gasteiger partial charge in [0.1, 0.15) is 16.8 Å². The van der Waals surface area contributed by atoms with Crippen molar-refractivity contribution in [3.05, 3.63) is 78.3 Å². The summed E-state index contributed by atoms with van der Waals surface area (Å²) >= 11 is 1.19. The molecule has 1 amide bonds. The summed E-state index contributed by atoms with van der Waals surface area (Å²) in [6.07, 6.45) is 1.57. The number of anilines is 1. The number of nitrogens with zero attached hydrogens (tertiary/aromatic N) is 2. The third-order valence-corrected chi connectivity index (χ3v) is 5.59. The van der Waals surface area contributed by atoms with E-state index in [4.69, 9.17) is 13.6 Å². The molecule has 0 radical (unpaired) electrons. The number of aromatic nitrogens is 2. The molecule has 4 aromatic rings. The zero-order valence-electron chi connectivity index (χ0n) is 17.1. The van der Waals surface area contributed by atoms with Gasteiger partial charge in [0.2, 0.25) is 5.91 Å². The molecule has 2 heterocycles. The number of para-hydroxylation sites is 2. The molecule has 0 aliphatic rings. The van der Waals surface area contributed by atoms with Crippen LogP contribution in [0.1, 0.15) is 23.5 Å². The second-order valence-electron chi connectivity index (χ2n) is 6.59. The smallest absolute Gasteiger partial charge is 0.277 e. The topological polar surface area (TPSA) is 90.4 Å². The van der Waals surface area contributed by atoms with E-state index < -0.39 is 5.25 Å². The first-order valence-corrected chi connectivity index (χ1v) is 10.7. The van der Waals surface area contributed by atoms with Gasteiger partial charge in [0.05, 0.1) is 24.1 Å². The van der Waals surface area contributed by atoms with Crippen LogP contribution in [0, 0.1) is 6.92 Å². The van der Waals surface area contributed by atoms with Crippen LogP contribution >= 0.6 is 11.8 Å². The maximum Gasteiger partial charge on any atom is 0.277 e. The molecule has 2 aromatic carbocycles. The average molecular weight is 436 g/mol. The Morgan fingerprint density at radius 1 is 1.10 bits per heavy atom. The second kappa shape index (κ2) is 9.53. The molecule has 0 fully saturated rings. The van der Waals surface area contributed by atoms with Crippen LogP contribution < -0.4 is 10.1 Å². The number of hydrogen-bond acceptors (Lipinski definition) is 7. The van der Waals surface area contributed by atoms with Gasteiger partial charge < -0.3 is 18.9 Å². The molecule has 0 saturated heterocycles. The Balaban J connectivity index is 1.59. The lowest BCUT2D eigenvalue weighted by molar-refractivity contribution is -0.115. The Bertz CT molecular complexity index is 1160. The number of aryl methyl sites for hydroxylation is 1. The van der Waals surface area contributed by atoms with Crippen molar-refractivity contribution in [2.75, 3.05) is 11.9 Å². The summed E-state index contributed by atoms with van der Waals surface area (Å²) in [7, 11) is 0. The number of carbonyl (C=O) groups is 1. The van der Waals surface area contributed by atoms with Crippen molar-refractivity contribution >= 4 is 23.4 Å². The van der Waals surface area contributed by atoms with Crippen LogP contribution in [0.2, 0.25) is 0 Å². The van der Waals surface area contributed by atoms with E-state index >= 15 is 0 Å². The molecular weight excluding hydrogens is 414 g/mol. The molecule has 2 aromatic heterocycles. The molecule has 1 N–H and O–H groups in total. The van der Waals surface area contributed by atoms with Crippen LogP contribution in [0.5, 0.6) is 5.75 Å². The van der Waals surface area contributed by atoms with Crippen molar-refractivity contribution < 1.29 is 18.4 Å². The van der Waals surface area contributed by atoms with E-state index in [1.807, 2.05) is 68.4 Å². The van der Waals surface area contributed by atoms with Gasteiger partial charge in [0.15, 0.2) is 0 Å². The van der Waals surface area contributed by atoms with Crippen LogP contribution in [0.15, 0.2) is 81.0 Å². The largest absolute Gasteiger partial charge is 0.492 e.